The standard InChI is InChI=1S/C18H25NOS/c1-4-11-20-17-8-6-16(7-9-17)13-19-14(2)12-18-10-5-15(3)21-18/h5-10,14,19H,4,11-13H2,1-3H3. The highest BCUT2D eigenvalue weighted by Gasteiger charge is 2.05. The minimum absolute atomic E-state index is 0.485. The Bertz CT molecular complexity index is 532. The summed E-state index contributed by atoms with van der Waals surface area (Å²) in [7, 11) is 0. The molecule has 0 saturated carbocycles. The van der Waals surface area contributed by atoms with Gasteiger partial charge in [0.2, 0.25) is 0 Å². The van der Waals surface area contributed by atoms with E-state index in [-0.39, 0.29) is 0 Å². The number of hydrogen-bond donors (Lipinski definition) is 1. The average Bonchev–Trinajstić information content (AvgIpc) is 2.89. The van der Waals surface area contributed by atoms with Crippen LogP contribution in [0, 0.1) is 6.92 Å². The molecule has 0 radical (unpaired) electrons. The molecule has 0 spiro atoms. The van der Waals surface area contributed by atoms with E-state index in [2.05, 4.69) is 62.5 Å². The predicted molar refractivity (Wildman–Crippen MR) is 91.3 cm³/mol. The van der Waals surface area contributed by atoms with E-state index in [1.807, 2.05) is 11.3 Å². The first kappa shape index (κ1) is 16.1. The van der Waals surface area contributed by atoms with Crippen LogP contribution in [0.5, 0.6) is 5.75 Å². The van der Waals surface area contributed by atoms with Gasteiger partial charge in [-0.25, -0.2) is 0 Å². The number of ether oxygens (including phenoxy) is 1. The van der Waals surface area contributed by atoms with Crippen molar-refractivity contribution in [2.75, 3.05) is 6.61 Å². The molecule has 1 N–H and O–H groups in total. The van der Waals surface area contributed by atoms with E-state index in [9.17, 15) is 0 Å². The van der Waals surface area contributed by atoms with Gasteiger partial charge >= 0.3 is 0 Å². The first-order valence-electron chi connectivity index (χ1n) is 7.68. The third-order valence-corrected chi connectivity index (χ3v) is 4.38. The molecule has 0 fully saturated rings. The van der Waals surface area contributed by atoms with E-state index >= 15 is 0 Å². The molecule has 3 heteroatoms. The molecule has 1 unspecified atom stereocenters. The Morgan fingerprint density at radius 1 is 1.14 bits per heavy atom. The Balaban J connectivity index is 1.76. The zero-order chi connectivity index (χ0) is 15.1. The lowest BCUT2D eigenvalue weighted by atomic mass is 10.1. The zero-order valence-corrected chi connectivity index (χ0v) is 14.0. The number of hydrogen-bond acceptors (Lipinski definition) is 3. The van der Waals surface area contributed by atoms with Gasteiger partial charge in [-0.1, -0.05) is 19.1 Å². The van der Waals surface area contributed by atoms with Gasteiger partial charge in [0.1, 0.15) is 5.75 Å². The van der Waals surface area contributed by atoms with Crippen molar-refractivity contribution in [1.29, 1.82) is 0 Å². The first-order valence-corrected chi connectivity index (χ1v) is 8.49. The van der Waals surface area contributed by atoms with E-state index in [0.717, 1.165) is 31.7 Å². The average molecular weight is 303 g/mol. The van der Waals surface area contributed by atoms with Crippen molar-refractivity contribution in [3.63, 3.8) is 0 Å². The lowest BCUT2D eigenvalue weighted by Crippen LogP contribution is -2.27. The summed E-state index contributed by atoms with van der Waals surface area (Å²) in [6, 6.07) is 13.3. The van der Waals surface area contributed by atoms with Gasteiger partial charge in [0, 0.05) is 22.3 Å². The molecule has 2 rings (SSSR count). The molecular formula is C18H25NOS. The van der Waals surface area contributed by atoms with Crippen molar-refractivity contribution < 1.29 is 4.74 Å². The van der Waals surface area contributed by atoms with Gasteiger partial charge in [0.15, 0.2) is 0 Å². The highest BCUT2D eigenvalue weighted by Crippen LogP contribution is 2.17. The van der Waals surface area contributed by atoms with Crippen molar-refractivity contribution >= 4 is 11.3 Å². The molecule has 114 valence electrons. The van der Waals surface area contributed by atoms with Gasteiger partial charge in [0.05, 0.1) is 6.61 Å². The summed E-state index contributed by atoms with van der Waals surface area (Å²) >= 11 is 1.89. The zero-order valence-electron chi connectivity index (χ0n) is 13.2. The molecule has 0 saturated heterocycles. The molecule has 1 aromatic carbocycles. The third kappa shape index (κ3) is 5.52. The van der Waals surface area contributed by atoms with Crippen LogP contribution in [0.3, 0.4) is 0 Å². The van der Waals surface area contributed by atoms with E-state index in [0.29, 0.717) is 6.04 Å². The topological polar surface area (TPSA) is 21.3 Å². The van der Waals surface area contributed by atoms with Crippen molar-refractivity contribution in [2.45, 2.75) is 46.2 Å². The van der Waals surface area contributed by atoms with Gasteiger partial charge in [-0.05, 0) is 56.5 Å². The number of aryl methyl sites for hydroxylation is 1. The number of nitrogens with one attached hydrogen (secondary N) is 1. The van der Waals surface area contributed by atoms with Gasteiger partial charge in [-0.3, -0.25) is 0 Å². The van der Waals surface area contributed by atoms with Crippen molar-refractivity contribution in [3.8, 4) is 5.75 Å². The molecule has 0 bridgehead atoms. The molecule has 0 amide bonds. The van der Waals surface area contributed by atoms with Crippen LogP contribution >= 0.6 is 11.3 Å². The first-order chi connectivity index (χ1) is 10.2. The summed E-state index contributed by atoms with van der Waals surface area (Å²) in [6.45, 7) is 8.21. The Labute approximate surface area is 132 Å². The van der Waals surface area contributed by atoms with Gasteiger partial charge in [-0.15, -0.1) is 11.3 Å². The van der Waals surface area contributed by atoms with Crippen LogP contribution in [-0.2, 0) is 13.0 Å². The predicted octanol–water partition coefficient (Wildman–Crippen LogP) is 4.57. The summed E-state index contributed by atoms with van der Waals surface area (Å²) in [5.74, 6) is 0.961. The second-order valence-electron chi connectivity index (χ2n) is 5.49. The SMILES string of the molecule is CCCOc1ccc(CNC(C)Cc2ccc(C)s2)cc1. The Morgan fingerprint density at radius 2 is 1.90 bits per heavy atom. The minimum Gasteiger partial charge on any atom is -0.494 e. The number of benzene rings is 1. The van der Waals surface area contributed by atoms with Crippen LogP contribution < -0.4 is 10.1 Å². The molecule has 1 aromatic heterocycles. The molecule has 0 aliphatic rings. The molecule has 1 atom stereocenters. The maximum absolute atomic E-state index is 5.60. The van der Waals surface area contributed by atoms with E-state index < -0.39 is 0 Å². The van der Waals surface area contributed by atoms with Gasteiger partial charge in [0.25, 0.3) is 0 Å². The maximum atomic E-state index is 5.60. The summed E-state index contributed by atoms with van der Waals surface area (Å²) in [5, 5.41) is 3.59. The van der Waals surface area contributed by atoms with E-state index in [1.54, 1.807) is 0 Å². The Hall–Kier alpha value is -1.32. The molecule has 0 aliphatic carbocycles. The second kappa shape index (κ2) is 8.20. The molecule has 21 heavy (non-hydrogen) atoms. The summed E-state index contributed by atoms with van der Waals surface area (Å²) < 4.78 is 5.60. The van der Waals surface area contributed by atoms with Gasteiger partial charge < -0.3 is 10.1 Å². The van der Waals surface area contributed by atoms with Crippen molar-refractivity contribution in [3.05, 3.63) is 51.7 Å². The quantitative estimate of drug-likeness (QED) is 0.771. The fraction of sp³-hybridized carbons (Fsp3) is 0.444. The maximum Gasteiger partial charge on any atom is 0.119 e. The fourth-order valence-corrected chi connectivity index (χ4v) is 3.20. The smallest absolute Gasteiger partial charge is 0.119 e. The van der Waals surface area contributed by atoms with Crippen molar-refractivity contribution in [1.82, 2.24) is 5.32 Å². The minimum atomic E-state index is 0.485. The third-order valence-electron chi connectivity index (χ3n) is 3.35. The fourth-order valence-electron chi connectivity index (χ4n) is 2.18. The van der Waals surface area contributed by atoms with E-state index in [4.69, 9.17) is 4.74 Å². The molecule has 2 aromatic rings. The van der Waals surface area contributed by atoms with Crippen LogP contribution in [0.4, 0.5) is 0 Å². The van der Waals surface area contributed by atoms with Crippen LogP contribution in [0.15, 0.2) is 36.4 Å². The summed E-state index contributed by atoms with van der Waals surface area (Å²) in [6.07, 6.45) is 2.14. The van der Waals surface area contributed by atoms with Crippen molar-refractivity contribution in [2.24, 2.45) is 0 Å². The lowest BCUT2D eigenvalue weighted by molar-refractivity contribution is 0.317. The summed E-state index contributed by atoms with van der Waals surface area (Å²) in [5.41, 5.74) is 1.30. The summed E-state index contributed by atoms with van der Waals surface area (Å²) in [4.78, 5) is 2.84. The highest BCUT2D eigenvalue weighted by molar-refractivity contribution is 7.11. The lowest BCUT2D eigenvalue weighted by Gasteiger charge is -2.13. The monoisotopic (exact) mass is 303 g/mol. The Morgan fingerprint density at radius 3 is 2.52 bits per heavy atom. The van der Waals surface area contributed by atoms with Crippen LogP contribution in [-0.4, -0.2) is 12.6 Å². The second-order valence-corrected chi connectivity index (χ2v) is 6.86. The van der Waals surface area contributed by atoms with Crippen LogP contribution in [0.1, 0.15) is 35.6 Å². The molecule has 2 nitrogen and oxygen atoms in total. The van der Waals surface area contributed by atoms with Crippen LogP contribution in [0.25, 0.3) is 0 Å². The largest absolute Gasteiger partial charge is 0.494 e. The molecule has 1 heterocycles. The number of rotatable bonds is 8. The van der Waals surface area contributed by atoms with Crippen LogP contribution in [0.2, 0.25) is 0 Å². The van der Waals surface area contributed by atoms with Gasteiger partial charge in [-0.2, -0.15) is 0 Å². The highest BCUT2D eigenvalue weighted by atomic mass is 32.1. The Kier molecular flexibility index (Phi) is 6.27. The molecule has 0 aliphatic heterocycles. The normalized spacial score (nSPS) is 12.3. The van der Waals surface area contributed by atoms with E-state index in [1.165, 1.54) is 15.3 Å². The molecular weight excluding hydrogens is 278 g/mol. The number of thiophene rings is 1.